The van der Waals surface area contributed by atoms with Crippen molar-refractivity contribution in [3.05, 3.63) is 30.0 Å². The Bertz CT molecular complexity index is 1280. The molecule has 5 unspecified atom stereocenters. The normalized spacial score (nSPS) is 30.4. The second kappa shape index (κ2) is 9.72. The van der Waals surface area contributed by atoms with E-state index in [-0.39, 0.29) is 47.9 Å². The van der Waals surface area contributed by atoms with Crippen LogP contribution in [-0.2, 0) is 14.4 Å². The molecule has 3 aliphatic heterocycles. The predicted molar refractivity (Wildman–Crippen MR) is 137 cm³/mol. The van der Waals surface area contributed by atoms with Crippen LogP contribution in [0.15, 0.2) is 24.3 Å². The number of hydrogen-bond acceptors (Lipinski definition) is 6. The van der Waals surface area contributed by atoms with Gasteiger partial charge in [-0.15, -0.1) is 0 Å². The van der Waals surface area contributed by atoms with Crippen molar-refractivity contribution in [1.82, 2.24) is 20.5 Å². The minimum Gasteiger partial charge on any atom is -0.496 e. The van der Waals surface area contributed by atoms with Gasteiger partial charge in [0, 0.05) is 29.4 Å². The maximum absolute atomic E-state index is 13.8. The third-order valence-electron chi connectivity index (χ3n) is 9.27. The summed E-state index contributed by atoms with van der Waals surface area (Å²) in [5.74, 6) is -0.569. The van der Waals surface area contributed by atoms with Gasteiger partial charge in [-0.1, -0.05) is 12.5 Å². The fourth-order valence-electron chi connectivity index (χ4n) is 7.25. The molecule has 3 saturated heterocycles. The van der Waals surface area contributed by atoms with E-state index in [9.17, 15) is 24.3 Å². The SMILES string of the molecule is COc1cccc2[nH]c(C(=O)N3CC4CCCC4C3C(=O)NC(CC3C(=O)NC4CC3C4)C(=O)CO)cc12. The molecule has 7 rings (SSSR count). The van der Waals surface area contributed by atoms with Gasteiger partial charge >= 0.3 is 0 Å². The third kappa shape index (κ3) is 4.15. The molecular weight excluding hydrogens is 488 g/mol. The molecule has 1 aromatic heterocycles. The second-order valence-corrected chi connectivity index (χ2v) is 11.3. The van der Waals surface area contributed by atoms with Crippen molar-refractivity contribution in [2.24, 2.45) is 23.7 Å². The zero-order valence-corrected chi connectivity index (χ0v) is 21.4. The number of piperidine rings is 2. The van der Waals surface area contributed by atoms with Crippen molar-refractivity contribution < 1.29 is 29.0 Å². The van der Waals surface area contributed by atoms with Gasteiger partial charge in [-0.05, 0) is 68.1 Å². The van der Waals surface area contributed by atoms with Gasteiger partial charge in [0.1, 0.15) is 24.1 Å². The number of ketones is 1. The molecule has 4 heterocycles. The topological polar surface area (TPSA) is 141 Å². The Morgan fingerprint density at radius 2 is 2.03 bits per heavy atom. The highest BCUT2D eigenvalue weighted by atomic mass is 16.5. The molecule has 0 spiro atoms. The Kier molecular flexibility index (Phi) is 6.37. The van der Waals surface area contributed by atoms with Gasteiger partial charge < -0.3 is 30.4 Å². The molecule has 4 N–H and O–H groups in total. The van der Waals surface area contributed by atoms with Crippen LogP contribution in [-0.4, -0.2) is 76.9 Å². The van der Waals surface area contributed by atoms with Crippen LogP contribution in [0.4, 0.5) is 0 Å². The molecule has 10 heteroatoms. The fraction of sp³-hybridized carbons (Fsp3) is 0.571. The molecule has 2 saturated carbocycles. The summed E-state index contributed by atoms with van der Waals surface area (Å²) in [6.45, 7) is -0.246. The number of rotatable bonds is 8. The number of hydrogen-bond donors (Lipinski definition) is 4. The predicted octanol–water partition coefficient (Wildman–Crippen LogP) is 1.38. The molecule has 2 aromatic rings. The summed E-state index contributed by atoms with van der Waals surface area (Å²) in [5, 5.41) is 16.2. The maximum Gasteiger partial charge on any atom is 0.271 e. The van der Waals surface area contributed by atoms with E-state index in [4.69, 9.17) is 4.74 Å². The molecule has 2 aliphatic carbocycles. The third-order valence-corrected chi connectivity index (χ3v) is 9.27. The van der Waals surface area contributed by atoms with E-state index >= 15 is 0 Å². The zero-order valence-electron chi connectivity index (χ0n) is 21.4. The average Bonchev–Trinajstić information content (AvgIpc) is 3.61. The van der Waals surface area contributed by atoms with Crippen LogP contribution in [0.2, 0.25) is 0 Å². The van der Waals surface area contributed by atoms with Gasteiger partial charge in [-0.25, -0.2) is 0 Å². The van der Waals surface area contributed by atoms with Crippen LogP contribution in [0.1, 0.15) is 49.0 Å². The van der Waals surface area contributed by atoms with E-state index < -0.39 is 30.4 Å². The van der Waals surface area contributed by atoms with E-state index in [1.165, 1.54) is 0 Å². The van der Waals surface area contributed by atoms with Crippen LogP contribution >= 0.6 is 0 Å². The maximum atomic E-state index is 13.8. The van der Waals surface area contributed by atoms with Crippen LogP contribution in [0, 0.1) is 23.7 Å². The zero-order chi connectivity index (χ0) is 26.6. The Morgan fingerprint density at radius 1 is 1.21 bits per heavy atom. The van der Waals surface area contributed by atoms with E-state index in [2.05, 4.69) is 15.6 Å². The number of aromatic nitrogens is 1. The van der Waals surface area contributed by atoms with Gasteiger partial charge in [0.2, 0.25) is 11.8 Å². The number of aromatic amines is 1. The highest BCUT2D eigenvalue weighted by Gasteiger charge is 2.51. The first kappa shape index (κ1) is 24.9. The van der Waals surface area contributed by atoms with E-state index in [1.807, 2.05) is 18.2 Å². The van der Waals surface area contributed by atoms with Crippen molar-refractivity contribution in [3.63, 3.8) is 0 Å². The first-order valence-corrected chi connectivity index (χ1v) is 13.6. The van der Waals surface area contributed by atoms with Gasteiger partial charge in [0.05, 0.1) is 13.2 Å². The number of aliphatic hydroxyl groups excluding tert-OH is 1. The molecule has 3 amide bonds. The number of fused-ring (bicyclic) bond motifs is 4. The van der Waals surface area contributed by atoms with E-state index in [1.54, 1.807) is 18.1 Å². The second-order valence-electron chi connectivity index (χ2n) is 11.3. The summed E-state index contributed by atoms with van der Waals surface area (Å²) in [7, 11) is 1.58. The van der Waals surface area contributed by atoms with Crippen molar-refractivity contribution in [2.45, 2.75) is 56.7 Å². The smallest absolute Gasteiger partial charge is 0.271 e. The lowest BCUT2D eigenvalue weighted by atomic mass is 9.66. The molecule has 202 valence electrons. The quantitative estimate of drug-likeness (QED) is 0.413. The number of benzene rings is 1. The number of amides is 3. The number of carbonyl (C=O) groups excluding carboxylic acids is 4. The highest BCUT2D eigenvalue weighted by molar-refractivity contribution is 6.02. The van der Waals surface area contributed by atoms with Crippen LogP contribution in [0.25, 0.3) is 10.9 Å². The largest absolute Gasteiger partial charge is 0.496 e. The molecule has 10 nitrogen and oxygen atoms in total. The first-order chi connectivity index (χ1) is 18.4. The highest BCUT2D eigenvalue weighted by Crippen LogP contribution is 2.44. The molecule has 5 atom stereocenters. The van der Waals surface area contributed by atoms with Crippen molar-refractivity contribution in [2.75, 3.05) is 20.3 Å². The summed E-state index contributed by atoms with van der Waals surface area (Å²) in [4.78, 5) is 57.6. The summed E-state index contributed by atoms with van der Waals surface area (Å²) >= 11 is 0. The monoisotopic (exact) mass is 522 g/mol. The van der Waals surface area contributed by atoms with Gasteiger partial charge in [0.25, 0.3) is 5.91 Å². The van der Waals surface area contributed by atoms with Crippen LogP contribution < -0.4 is 15.4 Å². The Morgan fingerprint density at radius 3 is 2.76 bits per heavy atom. The van der Waals surface area contributed by atoms with Gasteiger partial charge in [0.15, 0.2) is 5.78 Å². The number of aliphatic hydroxyl groups is 1. The number of carbonyl (C=O) groups is 4. The standard InChI is InChI=1S/C28H34N4O6/c1-38-24-7-3-6-20-19(24)11-22(30-20)28(37)32-12-14-4-2-5-17(14)25(32)27(36)31-21(23(34)13-33)10-18-15-8-16(9-15)29-26(18)35/h3,6-7,11,14-18,21,25,30,33H,2,4-5,8-10,12-13H2,1H3,(H,29,35)(H,31,36). The fourth-order valence-corrected chi connectivity index (χ4v) is 7.25. The molecule has 1 aromatic carbocycles. The summed E-state index contributed by atoms with van der Waals surface area (Å²) in [5.41, 5.74) is 1.15. The van der Waals surface area contributed by atoms with Gasteiger partial charge in [-0.3, -0.25) is 19.2 Å². The number of nitrogens with zero attached hydrogens (tertiary/aromatic N) is 1. The number of H-pyrrole nitrogens is 1. The van der Waals surface area contributed by atoms with Crippen molar-refractivity contribution in [1.29, 1.82) is 0 Å². The molecule has 38 heavy (non-hydrogen) atoms. The minimum atomic E-state index is -0.977. The summed E-state index contributed by atoms with van der Waals surface area (Å²) < 4.78 is 5.43. The number of methoxy groups -OCH3 is 1. The molecule has 5 fully saturated rings. The van der Waals surface area contributed by atoms with Crippen LogP contribution in [0.5, 0.6) is 5.75 Å². The Balaban J connectivity index is 1.24. The summed E-state index contributed by atoms with van der Waals surface area (Å²) in [6.07, 6.45) is 4.70. The van der Waals surface area contributed by atoms with E-state index in [0.29, 0.717) is 18.0 Å². The molecular formula is C28H34N4O6. The lowest BCUT2D eigenvalue weighted by Crippen LogP contribution is -2.60. The lowest BCUT2D eigenvalue weighted by Gasteiger charge is -2.47. The molecule has 2 bridgehead atoms. The van der Waals surface area contributed by atoms with Crippen molar-refractivity contribution >= 4 is 34.4 Å². The van der Waals surface area contributed by atoms with Crippen LogP contribution in [0.3, 0.4) is 0 Å². The average molecular weight is 523 g/mol. The Labute approximate surface area is 220 Å². The Hall–Kier alpha value is -3.40. The number of Topliss-reactive ketones (excluding diaryl/α,β-unsaturated/α-hetero) is 1. The van der Waals surface area contributed by atoms with Gasteiger partial charge in [-0.2, -0.15) is 0 Å². The number of nitrogens with one attached hydrogen (secondary N) is 3. The lowest BCUT2D eigenvalue weighted by molar-refractivity contribution is -0.139. The molecule has 0 radical (unpaired) electrons. The first-order valence-electron chi connectivity index (χ1n) is 13.6. The summed E-state index contributed by atoms with van der Waals surface area (Å²) in [6, 6.07) is 5.82. The number of likely N-dealkylation sites (tertiary alicyclic amines) is 1. The van der Waals surface area contributed by atoms with E-state index in [0.717, 1.165) is 43.0 Å². The minimum absolute atomic E-state index is 0.00751. The number of ether oxygens (including phenoxy) is 1. The molecule has 5 aliphatic rings. The van der Waals surface area contributed by atoms with Crippen molar-refractivity contribution in [3.8, 4) is 5.75 Å².